The number of benzene rings is 2. The molecule has 0 radical (unpaired) electrons. The monoisotopic (exact) mass is 323 g/mol. The molecule has 0 spiro atoms. The molecule has 0 fully saturated rings. The molecule has 1 atom stereocenters. The highest BCUT2D eigenvalue weighted by Gasteiger charge is 2.11. The van der Waals surface area contributed by atoms with Gasteiger partial charge in [0, 0.05) is 15.5 Å². The van der Waals surface area contributed by atoms with Crippen LogP contribution in [-0.4, -0.2) is 0 Å². The largest absolute Gasteiger partial charge is 0.324 e. The Bertz CT molecular complexity index is 554. The summed E-state index contributed by atoms with van der Waals surface area (Å²) in [6.45, 7) is 2.08. The van der Waals surface area contributed by atoms with E-state index in [0.717, 1.165) is 21.5 Å². The lowest BCUT2D eigenvalue weighted by atomic mass is 9.96. The highest BCUT2D eigenvalue weighted by Crippen LogP contribution is 2.26. The maximum Gasteiger partial charge on any atom is 0.0408 e. The van der Waals surface area contributed by atoms with E-state index >= 15 is 0 Å². The van der Waals surface area contributed by atoms with E-state index in [1.807, 2.05) is 30.3 Å². The molecule has 0 aliphatic heterocycles. The van der Waals surface area contributed by atoms with Gasteiger partial charge in [-0.05, 0) is 48.2 Å². The summed E-state index contributed by atoms with van der Waals surface area (Å²) >= 11 is 9.52. The van der Waals surface area contributed by atoms with Gasteiger partial charge in [0.1, 0.15) is 0 Å². The molecule has 2 N–H and O–H groups in total. The average Bonchev–Trinajstić information content (AvgIpc) is 2.32. The molecule has 0 amide bonds. The first-order valence-corrected chi connectivity index (χ1v) is 7.00. The van der Waals surface area contributed by atoms with Gasteiger partial charge in [0.25, 0.3) is 0 Å². The molecule has 1 unspecified atom stereocenters. The molecule has 0 saturated carbocycles. The van der Waals surface area contributed by atoms with Crippen LogP contribution in [-0.2, 0) is 6.42 Å². The molecule has 3 heteroatoms. The van der Waals surface area contributed by atoms with Gasteiger partial charge >= 0.3 is 0 Å². The summed E-state index contributed by atoms with van der Waals surface area (Å²) in [4.78, 5) is 0. The van der Waals surface area contributed by atoms with Gasteiger partial charge in [-0.3, -0.25) is 0 Å². The second-order valence-corrected chi connectivity index (χ2v) is 5.69. The van der Waals surface area contributed by atoms with Crippen LogP contribution in [0, 0.1) is 6.92 Å². The Morgan fingerprint density at radius 3 is 2.67 bits per heavy atom. The van der Waals surface area contributed by atoms with Crippen molar-refractivity contribution >= 4 is 27.5 Å². The molecule has 0 aliphatic rings. The van der Waals surface area contributed by atoms with Crippen molar-refractivity contribution in [1.29, 1.82) is 0 Å². The number of halogens is 2. The SMILES string of the molecule is Cc1c(Br)cccc1C(N)Cc1cccc(Cl)c1. The van der Waals surface area contributed by atoms with Crippen molar-refractivity contribution in [3.63, 3.8) is 0 Å². The van der Waals surface area contributed by atoms with Gasteiger partial charge < -0.3 is 5.73 Å². The highest BCUT2D eigenvalue weighted by atomic mass is 79.9. The van der Waals surface area contributed by atoms with E-state index in [0.29, 0.717) is 0 Å². The molecular weight excluding hydrogens is 310 g/mol. The Kier molecular flexibility index (Phi) is 4.44. The van der Waals surface area contributed by atoms with Crippen LogP contribution in [0.3, 0.4) is 0 Å². The van der Waals surface area contributed by atoms with Crippen LogP contribution < -0.4 is 5.73 Å². The van der Waals surface area contributed by atoms with Crippen molar-refractivity contribution in [2.24, 2.45) is 5.73 Å². The molecular formula is C15H15BrClN. The Balaban J connectivity index is 2.22. The lowest BCUT2D eigenvalue weighted by molar-refractivity contribution is 0.716. The molecule has 2 aromatic rings. The number of hydrogen-bond donors (Lipinski definition) is 1. The molecule has 0 aliphatic carbocycles. The minimum atomic E-state index is -0.0130. The van der Waals surface area contributed by atoms with Crippen LogP contribution in [0.4, 0.5) is 0 Å². The second kappa shape index (κ2) is 5.87. The van der Waals surface area contributed by atoms with Crippen LogP contribution >= 0.6 is 27.5 Å². The van der Waals surface area contributed by atoms with Gasteiger partial charge in [0.2, 0.25) is 0 Å². The third-order valence-corrected chi connectivity index (χ3v) is 4.15. The van der Waals surface area contributed by atoms with Crippen molar-refractivity contribution in [3.05, 3.63) is 68.7 Å². The van der Waals surface area contributed by atoms with E-state index in [1.54, 1.807) is 0 Å². The Morgan fingerprint density at radius 2 is 1.94 bits per heavy atom. The zero-order valence-electron chi connectivity index (χ0n) is 10.2. The Labute approximate surface area is 121 Å². The first kappa shape index (κ1) is 13.6. The lowest BCUT2D eigenvalue weighted by Gasteiger charge is -2.16. The van der Waals surface area contributed by atoms with Crippen molar-refractivity contribution in [3.8, 4) is 0 Å². The van der Waals surface area contributed by atoms with Crippen LogP contribution in [0.25, 0.3) is 0 Å². The van der Waals surface area contributed by atoms with E-state index in [1.165, 1.54) is 11.1 Å². The fourth-order valence-corrected chi connectivity index (χ4v) is 2.65. The van der Waals surface area contributed by atoms with Crippen LogP contribution in [0.2, 0.25) is 5.02 Å². The fraction of sp³-hybridized carbons (Fsp3) is 0.200. The fourth-order valence-electron chi connectivity index (χ4n) is 2.05. The Hall–Kier alpha value is -0.830. The molecule has 0 bridgehead atoms. The van der Waals surface area contributed by atoms with Gasteiger partial charge in [-0.25, -0.2) is 0 Å². The van der Waals surface area contributed by atoms with E-state index in [2.05, 4.69) is 35.0 Å². The van der Waals surface area contributed by atoms with Gasteiger partial charge in [-0.1, -0.05) is 51.8 Å². The van der Waals surface area contributed by atoms with Crippen LogP contribution in [0.5, 0.6) is 0 Å². The molecule has 18 heavy (non-hydrogen) atoms. The summed E-state index contributed by atoms with van der Waals surface area (Å²) in [6, 6.07) is 14.0. The van der Waals surface area contributed by atoms with Gasteiger partial charge in [-0.15, -0.1) is 0 Å². The molecule has 94 valence electrons. The van der Waals surface area contributed by atoms with Crippen LogP contribution in [0.1, 0.15) is 22.7 Å². The average molecular weight is 325 g/mol. The molecule has 0 heterocycles. The van der Waals surface area contributed by atoms with Gasteiger partial charge in [0.05, 0.1) is 0 Å². The quantitative estimate of drug-likeness (QED) is 0.873. The van der Waals surface area contributed by atoms with Crippen molar-refractivity contribution in [1.82, 2.24) is 0 Å². The molecule has 0 aromatic heterocycles. The van der Waals surface area contributed by atoms with E-state index < -0.39 is 0 Å². The van der Waals surface area contributed by atoms with Crippen molar-refractivity contribution < 1.29 is 0 Å². The van der Waals surface area contributed by atoms with Gasteiger partial charge in [-0.2, -0.15) is 0 Å². The number of hydrogen-bond acceptors (Lipinski definition) is 1. The summed E-state index contributed by atoms with van der Waals surface area (Å²) in [5.74, 6) is 0. The van der Waals surface area contributed by atoms with E-state index in [9.17, 15) is 0 Å². The highest BCUT2D eigenvalue weighted by molar-refractivity contribution is 9.10. The summed E-state index contributed by atoms with van der Waals surface area (Å²) in [5.41, 5.74) is 9.82. The third kappa shape index (κ3) is 3.14. The predicted octanol–water partition coefficient (Wildman–Crippen LogP) is 4.65. The topological polar surface area (TPSA) is 26.0 Å². The predicted molar refractivity (Wildman–Crippen MR) is 81.0 cm³/mol. The zero-order chi connectivity index (χ0) is 13.1. The maximum atomic E-state index is 6.28. The molecule has 1 nitrogen and oxygen atoms in total. The van der Waals surface area contributed by atoms with E-state index in [-0.39, 0.29) is 6.04 Å². The van der Waals surface area contributed by atoms with Crippen LogP contribution in [0.15, 0.2) is 46.9 Å². The minimum Gasteiger partial charge on any atom is -0.324 e. The summed E-state index contributed by atoms with van der Waals surface area (Å²) in [6.07, 6.45) is 0.790. The smallest absolute Gasteiger partial charge is 0.0408 e. The Morgan fingerprint density at radius 1 is 1.22 bits per heavy atom. The second-order valence-electron chi connectivity index (χ2n) is 4.39. The van der Waals surface area contributed by atoms with Crippen molar-refractivity contribution in [2.75, 3.05) is 0 Å². The molecule has 0 saturated heterocycles. The van der Waals surface area contributed by atoms with Crippen molar-refractivity contribution in [2.45, 2.75) is 19.4 Å². The summed E-state index contributed by atoms with van der Waals surface area (Å²) in [7, 11) is 0. The summed E-state index contributed by atoms with van der Waals surface area (Å²) in [5, 5.41) is 0.755. The normalized spacial score (nSPS) is 12.4. The molecule has 2 rings (SSSR count). The molecule has 2 aromatic carbocycles. The maximum absolute atomic E-state index is 6.28. The van der Waals surface area contributed by atoms with E-state index in [4.69, 9.17) is 17.3 Å². The third-order valence-electron chi connectivity index (χ3n) is 3.05. The first-order chi connectivity index (χ1) is 8.58. The standard InChI is InChI=1S/C15H15BrClN/c1-10-13(6-3-7-14(10)16)15(18)9-11-4-2-5-12(17)8-11/h2-8,15H,9,18H2,1H3. The zero-order valence-corrected chi connectivity index (χ0v) is 12.5. The number of nitrogens with two attached hydrogens (primary N) is 1. The number of rotatable bonds is 3. The van der Waals surface area contributed by atoms with Gasteiger partial charge in [0.15, 0.2) is 0 Å². The lowest BCUT2D eigenvalue weighted by Crippen LogP contribution is -2.14. The minimum absolute atomic E-state index is 0.0130. The first-order valence-electron chi connectivity index (χ1n) is 5.83. The summed E-state index contributed by atoms with van der Waals surface area (Å²) < 4.78 is 1.10.